The van der Waals surface area contributed by atoms with Gasteiger partial charge in [0.1, 0.15) is 0 Å². The van der Waals surface area contributed by atoms with E-state index in [9.17, 15) is 0 Å². The minimum Gasteiger partial charge on any atom is -0.329 e. The second kappa shape index (κ2) is 7.49. The Morgan fingerprint density at radius 2 is 2.24 bits per heavy atom. The van der Waals surface area contributed by atoms with Crippen molar-refractivity contribution in [2.75, 3.05) is 13.1 Å². The van der Waals surface area contributed by atoms with Crippen molar-refractivity contribution in [1.29, 1.82) is 0 Å². The Hall–Kier alpha value is -0.830. The Morgan fingerprint density at radius 3 is 2.82 bits per heavy atom. The van der Waals surface area contributed by atoms with Crippen LogP contribution in [0.25, 0.3) is 0 Å². The van der Waals surface area contributed by atoms with Crippen LogP contribution in [0.1, 0.15) is 30.5 Å². The molecule has 94 valence electrons. The summed E-state index contributed by atoms with van der Waals surface area (Å²) in [6.07, 6.45) is 5.22. The van der Waals surface area contributed by atoms with E-state index in [0.29, 0.717) is 6.54 Å². The lowest BCUT2D eigenvalue weighted by molar-refractivity contribution is 0.548. The van der Waals surface area contributed by atoms with Gasteiger partial charge in [0.15, 0.2) is 0 Å². The molecular weight excluding hydrogens is 232 g/mol. The van der Waals surface area contributed by atoms with Gasteiger partial charge in [-0.3, -0.25) is 0 Å². The van der Waals surface area contributed by atoms with Gasteiger partial charge in [-0.15, -0.1) is 0 Å². The van der Waals surface area contributed by atoms with Crippen LogP contribution in [0.3, 0.4) is 0 Å². The number of benzene rings is 1. The third-order valence-electron chi connectivity index (χ3n) is 2.77. The maximum atomic E-state index is 6.12. The summed E-state index contributed by atoms with van der Waals surface area (Å²) in [6.45, 7) is 5.54. The summed E-state index contributed by atoms with van der Waals surface area (Å²) in [7, 11) is 0. The highest BCUT2D eigenvalue weighted by Gasteiger charge is 2.09. The molecule has 0 amide bonds. The van der Waals surface area contributed by atoms with Gasteiger partial charge in [-0.25, -0.2) is 0 Å². The maximum Gasteiger partial charge on any atom is 0.0445 e. The predicted octanol–water partition coefficient (Wildman–Crippen LogP) is 3.20. The zero-order chi connectivity index (χ0) is 12.7. The van der Waals surface area contributed by atoms with E-state index in [1.807, 2.05) is 26.0 Å². The molecule has 0 radical (unpaired) electrons. The highest BCUT2D eigenvalue weighted by atomic mass is 35.5. The van der Waals surface area contributed by atoms with Crippen molar-refractivity contribution in [1.82, 2.24) is 5.32 Å². The SMILES string of the molecule is C/C=C/CCNC(CN)c1ccc(C)c(Cl)c1. The molecular formula is C14H21ClN2. The zero-order valence-corrected chi connectivity index (χ0v) is 11.3. The fourth-order valence-corrected chi connectivity index (χ4v) is 1.86. The predicted molar refractivity (Wildman–Crippen MR) is 75.4 cm³/mol. The summed E-state index contributed by atoms with van der Waals surface area (Å²) >= 11 is 6.12. The lowest BCUT2D eigenvalue weighted by atomic mass is 10.1. The van der Waals surface area contributed by atoms with Crippen molar-refractivity contribution in [3.8, 4) is 0 Å². The van der Waals surface area contributed by atoms with Gasteiger partial charge in [0.05, 0.1) is 0 Å². The molecule has 3 heteroatoms. The molecule has 0 aromatic heterocycles. The second-order valence-electron chi connectivity index (χ2n) is 4.11. The van der Waals surface area contributed by atoms with Gasteiger partial charge in [-0.2, -0.15) is 0 Å². The molecule has 2 nitrogen and oxygen atoms in total. The minimum absolute atomic E-state index is 0.179. The first-order chi connectivity index (χ1) is 8.19. The van der Waals surface area contributed by atoms with Crippen LogP contribution in [0.2, 0.25) is 5.02 Å². The molecule has 0 fully saturated rings. The molecule has 0 aliphatic heterocycles. The summed E-state index contributed by atoms with van der Waals surface area (Å²) in [5, 5.41) is 4.23. The number of halogens is 1. The summed E-state index contributed by atoms with van der Waals surface area (Å²) in [4.78, 5) is 0. The number of nitrogens with two attached hydrogens (primary N) is 1. The van der Waals surface area contributed by atoms with E-state index in [4.69, 9.17) is 17.3 Å². The van der Waals surface area contributed by atoms with E-state index in [-0.39, 0.29) is 6.04 Å². The van der Waals surface area contributed by atoms with E-state index in [2.05, 4.69) is 23.5 Å². The summed E-state index contributed by atoms with van der Waals surface area (Å²) in [6, 6.07) is 6.30. The van der Waals surface area contributed by atoms with Gasteiger partial charge in [0.2, 0.25) is 0 Å². The normalized spacial score (nSPS) is 13.2. The van der Waals surface area contributed by atoms with Gasteiger partial charge < -0.3 is 11.1 Å². The minimum atomic E-state index is 0.179. The quantitative estimate of drug-likeness (QED) is 0.603. The van der Waals surface area contributed by atoms with Crippen LogP contribution in [0.15, 0.2) is 30.4 Å². The van der Waals surface area contributed by atoms with Crippen molar-refractivity contribution in [3.63, 3.8) is 0 Å². The first kappa shape index (κ1) is 14.2. The van der Waals surface area contributed by atoms with E-state index >= 15 is 0 Å². The molecule has 3 N–H and O–H groups in total. The Kier molecular flexibility index (Phi) is 6.27. The van der Waals surface area contributed by atoms with Gasteiger partial charge in [0, 0.05) is 17.6 Å². The van der Waals surface area contributed by atoms with Crippen molar-refractivity contribution in [3.05, 3.63) is 46.5 Å². The number of allylic oxidation sites excluding steroid dienone is 1. The van der Waals surface area contributed by atoms with Gasteiger partial charge in [-0.1, -0.05) is 35.9 Å². The van der Waals surface area contributed by atoms with E-state index in [0.717, 1.165) is 29.1 Å². The molecule has 1 atom stereocenters. The van der Waals surface area contributed by atoms with E-state index < -0.39 is 0 Å². The van der Waals surface area contributed by atoms with Crippen molar-refractivity contribution >= 4 is 11.6 Å². The van der Waals surface area contributed by atoms with E-state index in [1.54, 1.807) is 0 Å². The Morgan fingerprint density at radius 1 is 1.47 bits per heavy atom. The highest BCUT2D eigenvalue weighted by Crippen LogP contribution is 2.20. The number of nitrogens with one attached hydrogen (secondary N) is 1. The first-order valence-electron chi connectivity index (χ1n) is 5.99. The van der Waals surface area contributed by atoms with Crippen LogP contribution in [0, 0.1) is 6.92 Å². The van der Waals surface area contributed by atoms with Crippen molar-refractivity contribution in [2.45, 2.75) is 26.3 Å². The monoisotopic (exact) mass is 252 g/mol. The molecule has 1 aromatic carbocycles. The van der Waals surface area contributed by atoms with Gasteiger partial charge in [-0.05, 0) is 44.0 Å². The van der Waals surface area contributed by atoms with Gasteiger partial charge >= 0.3 is 0 Å². The third kappa shape index (κ3) is 4.50. The number of hydrogen-bond donors (Lipinski definition) is 2. The fraction of sp³-hybridized carbons (Fsp3) is 0.429. The first-order valence-corrected chi connectivity index (χ1v) is 6.37. The molecule has 0 spiro atoms. The summed E-state index contributed by atoms with van der Waals surface area (Å²) < 4.78 is 0. The standard InChI is InChI=1S/C14H21ClN2/c1-3-4-5-8-17-14(10-16)12-7-6-11(2)13(15)9-12/h3-4,6-7,9,14,17H,5,8,10,16H2,1-2H3/b4-3+. The average Bonchev–Trinajstić information content (AvgIpc) is 2.33. The molecule has 1 rings (SSSR count). The molecule has 1 unspecified atom stereocenters. The van der Waals surface area contributed by atoms with Crippen LogP contribution in [0.4, 0.5) is 0 Å². The van der Waals surface area contributed by atoms with Crippen LogP contribution in [-0.2, 0) is 0 Å². The molecule has 0 aliphatic carbocycles. The molecule has 0 bridgehead atoms. The molecule has 0 saturated heterocycles. The second-order valence-corrected chi connectivity index (χ2v) is 4.52. The largest absolute Gasteiger partial charge is 0.329 e. The van der Waals surface area contributed by atoms with Crippen LogP contribution in [-0.4, -0.2) is 13.1 Å². The lowest BCUT2D eigenvalue weighted by Gasteiger charge is -2.17. The average molecular weight is 253 g/mol. The number of hydrogen-bond acceptors (Lipinski definition) is 2. The summed E-state index contributed by atoms with van der Waals surface area (Å²) in [5.41, 5.74) is 8.04. The zero-order valence-electron chi connectivity index (χ0n) is 10.5. The Balaban J connectivity index is 2.62. The summed E-state index contributed by atoms with van der Waals surface area (Å²) in [5.74, 6) is 0. The third-order valence-corrected chi connectivity index (χ3v) is 3.18. The maximum absolute atomic E-state index is 6.12. The molecule has 0 saturated carbocycles. The lowest BCUT2D eigenvalue weighted by Crippen LogP contribution is -2.28. The van der Waals surface area contributed by atoms with Crippen LogP contribution >= 0.6 is 11.6 Å². The topological polar surface area (TPSA) is 38.0 Å². The van der Waals surface area contributed by atoms with E-state index in [1.165, 1.54) is 0 Å². The Labute approximate surface area is 109 Å². The highest BCUT2D eigenvalue weighted by molar-refractivity contribution is 6.31. The Bertz CT molecular complexity index is 374. The number of rotatable bonds is 6. The molecule has 17 heavy (non-hydrogen) atoms. The van der Waals surface area contributed by atoms with Crippen molar-refractivity contribution < 1.29 is 0 Å². The molecule has 1 aromatic rings. The van der Waals surface area contributed by atoms with Crippen LogP contribution < -0.4 is 11.1 Å². The van der Waals surface area contributed by atoms with Crippen LogP contribution in [0.5, 0.6) is 0 Å². The van der Waals surface area contributed by atoms with Gasteiger partial charge in [0.25, 0.3) is 0 Å². The van der Waals surface area contributed by atoms with Crippen molar-refractivity contribution in [2.24, 2.45) is 5.73 Å². The fourth-order valence-electron chi connectivity index (χ4n) is 1.67. The molecule has 0 aliphatic rings. The smallest absolute Gasteiger partial charge is 0.0445 e. The molecule has 0 heterocycles. The number of aryl methyl sites for hydroxylation is 1.